The van der Waals surface area contributed by atoms with Gasteiger partial charge < -0.3 is 5.73 Å². The van der Waals surface area contributed by atoms with Crippen molar-refractivity contribution in [2.24, 2.45) is 11.1 Å². The predicted octanol–water partition coefficient (Wildman–Crippen LogP) is 3.64. The van der Waals surface area contributed by atoms with E-state index >= 15 is 0 Å². The first-order valence-electron chi connectivity index (χ1n) is 8.68. The Morgan fingerprint density at radius 3 is 2.00 bits per heavy atom. The molecular weight excluding hydrogens is 264 g/mol. The summed E-state index contributed by atoms with van der Waals surface area (Å²) in [7, 11) is 0. The Morgan fingerprint density at radius 1 is 0.950 bits per heavy atom. The number of hydrogen-bond acceptors (Lipinski definition) is 3. The molecule has 3 aliphatic rings. The van der Waals surface area contributed by atoms with E-state index in [9.17, 15) is 0 Å². The Labute approximate surface area is 129 Å². The average Bonchev–Trinajstić information content (AvgIpc) is 2.88. The second-order valence-corrected chi connectivity index (χ2v) is 9.68. The van der Waals surface area contributed by atoms with Gasteiger partial charge in [-0.2, -0.15) is 11.8 Å². The van der Waals surface area contributed by atoms with Crippen LogP contribution in [0.15, 0.2) is 0 Å². The van der Waals surface area contributed by atoms with E-state index in [0.717, 1.165) is 22.5 Å². The van der Waals surface area contributed by atoms with E-state index in [1.54, 1.807) is 0 Å². The van der Waals surface area contributed by atoms with Gasteiger partial charge in [-0.3, -0.25) is 4.90 Å². The molecule has 2 atom stereocenters. The summed E-state index contributed by atoms with van der Waals surface area (Å²) in [5, 5.41) is 1.54. The van der Waals surface area contributed by atoms with E-state index in [-0.39, 0.29) is 0 Å². The summed E-state index contributed by atoms with van der Waals surface area (Å²) in [6.45, 7) is 8.14. The van der Waals surface area contributed by atoms with Crippen LogP contribution in [0.4, 0.5) is 0 Å². The molecule has 1 aliphatic heterocycles. The van der Waals surface area contributed by atoms with Crippen LogP contribution in [0.3, 0.4) is 0 Å². The molecular formula is C17H32N2S. The summed E-state index contributed by atoms with van der Waals surface area (Å²) in [4.78, 5) is 2.78. The topological polar surface area (TPSA) is 29.3 Å². The molecule has 2 nitrogen and oxygen atoms in total. The molecule has 0 aromatic rings. The van der Waals surface area contributed by atoms with Gasteiger partial charge in [-0.1, -0.05) is 26.7 Å². The summed E-state index contributed by atoms with van der Waals surface area (Å²) in [6.07, 6.45) is 11.5. The lowest BCUT2D eigenvalue weighted by molar-refractivity contribution is 0.0128. The number of thioether (sulfide) groups is 1. The van der Waals surface area contributed by atoms with Crippen LogP contribution in [0.2, 0.25) is 0 Å². The monoisotopic (exact) mass is 296 g/mol. The lowest BCUT2D eigenvalue weighted by Crippen LogP contribution is -2.60. The van der Waals surface area contributed by atoms with Crippen LogP contribution in [-0.4, -0.2) is 40.6 Å². The number of nitrogens with zero attached hydrogens (tertiary/aromatic N) is 1. The minimum absolute atomic E-state index is 0.331. The highest BCUT2D eigenvalue weighted by molar-refractivity contribution is 8.00. The van der Waals surface area contributed by atoms with Crippen molar-refractivity contribution < 1.29 is 0 Å². The van der Waals surface area contributed by atoms with Gasteiger partial charge in [0.15, 0.2) is 0 Å². The van der Waals surface area contributed by atoms with Crippen molar-refractivity contribution >= 4 is 11.8 Å². The standard InChI is InChI=1S/C17H32N2S/c1-14-11-19(12-15(2)20-14)17(13-18)9-7-16(8-10-17)5-3-4-6-16/h14-15H,3-13,18H2,1-2H3. The normalized spacial score (nSPS) is 37.4. The average molecular weight is 297 g/mol. The molecule has 116 valence electrons. The Morgan fingerprint density at radius 2 is 1.50 bits per heavy atom. The molecule has 1 saturated heterocycles. The van der Waals surface area contributed by atoms with Crippen molar-refractivity contribution in [1.82, 2.24) is 4.90 Å². The number of hydrogen-bond donors (Lipinski definition) is 1. The third kappa shape index (κ3) is 2.78. The fraction of sp³-hybridized carbons (Fsp3) is 1.00. The zero-order valence-corrected chi connectivity index (χ0v) is 14.2. The van der Waals surface area contributed by atoms with Crippen LogP contribution in [0.5, 0.6) is 0 Å². The number of rotatable bonds is 2. The minimum Gasteiger partial charge on any atom is -0.329 e. The van der Waals surface area contributed by atoms with Crippen molar-refractivity contribution in [3.05, 3.63) is 0 Å². The molecule has 2 N–H and O–H groups in total. The van der Waals surface area contributed by atoms with E-state index in [2.05, 4.69) is 30.5 Å². The van der Waals surface area contributed by atoms with Crippen molar-refractivity contribution in [2.45, 2.75) is 81.3 Å². The van der Waals surface area contributed by atoms with Gasteiger partial charge in [0.05, 0.1) is 0 Å². The van der Waals surface area contributed by atoms with Gasteiger partial charge in [0.1, 0.15) is 0 Å². The summed E-state index contributed by atoms with van der Waals surface area (Å²) >= 11 is 2.15. The van der Waals surface area contributed by atoms with Crippen LogP contribution < -0.4 is 5.73 Å². The molecule has 0 bridgehead atoms. The van der Waals surface area contributed by atoms with Crippen LogP contribution in [-0.2, 0) is 0 Å². The highest BCUT2D eigenvalue weighted by Crippen LogP contribution is 2.52. The highest BCUT2D eigenvalue weighted by Gasteiger charge is 2.47. The Kier molecular flexibility index (Phi) is 4.41. The predicted molar refractivity (Wildman–Crippen MR) is 89.2 cm³/mol. The molecule has 2 unspecified atom stereocenters. The summed E-state index contributed by atoms with van der Waals surface area (Å²) < 4.78 is 0. The molecule has 1 spiro atoms. The zero-order valence-electron chi connectivity index (χ0n) is 13.4. The number of nitrogens with two attached hydrogens (primary N) is 1. The Balaban J connectivity index is 1.69. The molecule has 2 aliphatic carbocycles. The lowest BCUT2D eigenvalue weighted by Gasteiger charge is -2.53. The van der Waals surface area contributed by atoms with Crippen LogP contribution in [0, 0.1) is 5.41 Å². The quantitative estimate of drug-likeness (QED) is 0.843. The maximum absolute atomic E-state index is 6.30. The largest absolute Gasteiger partial charge is 0.329 e. The molecule has 2 saturated carbocycles. The van der Waals surface area contributed by atoms with Gasteiger partial charge in [0.25, 0.3) is 0 Å². The second kappa shape index (κ2) is 5.81. The first-order chi connectivity index (χ1) is 9.57. The molecule has 0 radical (unpaired) electrons. The summed E-state index contributed by atoms with van der Waals surface area (Å²) in [5.41, 5.74) is 7.35. The van der Waals surface area contributed by atoms with E-state index in [4.69, 9.17) is 5.73 Å². The van der Waals surface area contributed by atoms with Crippen molar-refractivity contribution in [3.63, 3.8) is 0 Å². The van der Waals surface area contributed by atoms with E-state index < -0.39 is 0 Å². The van der Waals surface area contributed by atoms with Gasteiger partial charge in [0.2, 0.25) is 0 Å². The SMILES string of the molecule is CC1CN(C2(CN)CCC3(CCCC3)CC2)CC(C)S1. The van der Waals surface area contributed by atoms with Crippen LogP contribution in [0.1, 0.15) is 65.2 Å². The van der Waals surface area contributed by atoms with Crippen molar-refractivity contribution in [3.8, 4) is 0 Å². The third-order valence-electron chi connectivity index (χ3n) is 6.38. The highest BCUT2D eigenvalue weighted by atomic mass is 32.2. The fourth-order valence-electron chi connectivity index (χ4n) is 5.09. The molecule has 1 heterocycles. The maximum Gasteiger partial charge on any atom is 0.0333 e. The van der Waals surface area contributed by atoms with Gasteiger partial charge in [-0.25, -0.2) is 0 Å². The van der Waals surface area contributed by atoms with Gasteiger partial charge in [-0.05, 0) is 43.9 Å². The van der Waals surface area contributed by atoms with E-state index in [1.165, 1.54) is 64.5 Å². The first kappa shape index (κ1) is 15.2. The van der Waals surface area contributed by atoms with E-state index in [1.807, 2.05) is 0 Å². The van der Waals surface area contributed by atoms with Crippen molar-refractivity contribution in [1.29, 1.82) is 0 Å². The minimum atomic E-state index is 0.331. The third-order valence-corrected chi connectivity index (χ3v) is 7.60. The van der Waals surface area contributed by atoms with Crippen LogP contribution in [0.25, 0.3) is 0 Å². The smallest absolute Gasteiger partial charge is 0.0333 e. The van der Waals surface area contributed by atoms with E-state index in [0.29, 0.717) is 5.54 Å². The Hall–Kier alpha value is 0.270. The second-order valence-electron chi connectivity index (χ2n) is 7.80. The van der Waals surface area contributed by atoms with Gasteiger partial charge >= 0.3 is 0 Å². The molecule has 0 aromatic carbocycles. The van der Waals surface area contributed by atoms with Gasteiger partial charge in [0, 0.05) is 35.7 Å². The fourth-order valence-corrected chi connectivity index (χ4v) is 6.41. The summed E-state index contributed by atoms with van der Waals surface area (Å²) in [6, 6.07) is 0. The lowest BCUT2D eigenvalue weighted by atomic mass is 9.65. The first-order valence-corrected chi connectivity index (χ1v) is 9.62. The van der Waals surface area contributed by atoms with Crippen molar-refractivity contribution in [2.75, 3.05) is 19.6 Å². The molecule has 3 fully saturated rings. The Bertz CT molecular complexity index is 318. The molecule has 20 heavy (non-hydrogen) atoms. The zero-order chi connectivity index (χ0) is 14.2. The molecule has 3 heteroatoms. The summed E-state index contributed by atoms with van der Waals surface area (Å²) in [5.74, 6) is 0. The molecule has 0 amide bonds. The molecule has 0 aromatic heterocycles. The van der Waals surface area contributed by atoms with Gasteiger partial charge in [-0.15, -0.1) is 0 Å². The molecule has 3 rings (SSSR count). The van der Waals surface area contributed by atoms with Crippen LogP contribution >= 0.6 is 11.8 Å². The maximum atomic E-state index is 6.30.